The van der Waals surface area contributed by atoms with Gasteiger partial charge in [0, 0.05) is 39.3 Å². The Balaban J connectivity index is 1.42. The van der Waals surface area contributed by atoms with Crippen LogP contribution in [0.15, 0.2) is 35.3 Å². The first-order valence-corrected chi connectivity index (χ1v) is 10.9. The van der Waals surface area contributed by atoms with Crippen LogP contribution in [-0.4, -0.2) is 61.6 Å². The van der Waals surface area contributed by atoms with Gasteiger partial charge in [-0.05, 0) is 69.9 Å². The molecule has 0 aromatic heterocycles. The second-order valence-electron chi connectivity index (χ2n) is 8.65. The Morgan fingerprint density at radius 3 is 2.48 bits per heavy atom. The predicted octanol–water partition coefficient (Wildman–Crippen LogP) is 3.64. The monoisotopic (exact) mass is 370 g/mol. The lowest BCUT2D eigenvalue weighted by Gasteiger charge is -2.37. The van der Waals surface area contributed by atoms with Crippen LogP contribution in [0.4, 0.5) is 0 Å². The van der Waals surface area contributed by atoms with E-state index in [1.54, 1.807) is 0 Å². The van der Waals surface area contributed by atoms with Crippen LogP contribution in [-0.2, 0) is 6.42 Å². The van der Waals surface area contributed by atoms with Crippen LogP contribution in [0, 0.1) is 11.8 Å². The number of piperidine rings is 2. The smallest absolute Gasteiger partial charge is 0.193 e. The van der Waals surface area contributed by atoms with Crippen LogP contribution in [0.25, 0.3) is 0 Å². The first-order valence-electron chi connectivity index (χ1n) is 10.9. The van der Waals surface area contributed by atoms with Gasteiger partial charge in [-0.25, -0.2) is 0 Å². The fourth-order valence-electron chi connectivity index (χ4n) is 4.60. The average Bonchev–Trinajstić information content (AvgIpc) is 2.70. The number of hydrogen-bond acceptors (Lipinski definition) is 2. The third-order valence-electron chi connectivity index (χ3n) is 6.32. The summed E-state index contributed by atoms with van der Waals surface area (Å²) in [6.45, 7) is 10.4. The average molecular weight is 371 g/mol. The minimum atomic E-state index is 0.663. The molecule has 27 heavy (non-hydrogen) atoms. The Morgan fingerprint density at radius 2 is 1.81 bits per heavy atom. The van der Waals surface area contributed by atoms with Gasteiger partial charge in [-0.1, -0.05) is 30.3 Å². The lowest BCUT2D eigenvalue weighted by atomic mass is 9.90. The molecule has 3 rings (SSSR count). The van der Waals surface area contributed by atoms with Crippen molar-refractivity contribution in [2.45, 2.75) is 52.0 Å². The van der Waals surface area contributed by atoms with E-state index in [0.717, 1.165) is 37.4 Å². The Labute approximate surface area is 166 Å². The van der Waals surface area contributed by atoms with Crippen molar-refractivity contribution in [3.05, 3.63) is 35.9 Å². The largest absolute Gasteiger partial charge is 0.356 e. The highest BCUT2D eigenvalue weighted by Gasteiger charge is 2.24. The molecule has 2 aliphatic rings. The molecule has 1 unspecified atom stereocenters. The van der Waals surface area contributed by atoms with Crippen molar-refractivity contribution >= 4 is 5.96 Å². The summed E-state index contributed by atoms with van der Waals surface area (Å²) in [6, 6.07) is 11.6. The summed E-state index contributed by atoms with van der Waals surface area (Å²) in [6.07, 6.45) is 6.41. The molecule has 1 aromatic rings. The molecule has 0 saturated carbocycles. The van der Waals surface area contributed by atoms with Gasteiger partial charge in [-0.15, -0.1) is 0 Å². The van der Waals surface area contributed by atoms with Gasteiger partial charge in [0.25, 0.3) is 0 Å². The van der Waals surface area contributed by atoms with Crippen LogP contribution >= 0.6 is 0 Å². The van der Waals surface area contributed by atoms with E-state index in [0.29, 0.717) is 6.04 Å². The van der Waals surface area contributed by atoms with Gasteiger partial charge >= 0.3 is 0 Å². The Morgan fingerprint density at radius 1 is 1.07 bits per heavy atom. The van der Waals surface area contributed by atoms with E-state index in [1.807, 2.05) is 7.05 Å². The van der Waals surface area contributed by atoms with Crippen LogP contribution in [0.5, 0.6) is 0 Å². The molecule has 1 atom stereocenters. The normalized spacial score (nSPS) is 23.0. The van der Waals surface area contributed by atoms with Crippen molar-refractivity contribution in [2.75, 3.05) is 39.8 Å². The van der Waals surface area contributed by atoms with Crippen molar-refractivity contribution in [1.29, 1.82) is 0 Å². The zero-order valence-corrected chi connectivity index (χ0v) is 17.5. The Kier molecular flexibility index (Phi) is 7.57. The van der Waals surface area contributed by atoms with E-state index >= 15 is 0 Å². The molecule has 0 radical (unpaired) electrons. The van der Waals surface area contributed by atoms with Crippen LogP contribution in [0.3, 0.4) is 0 Å². The molecule has 150 valence electrons. The van der Waals surface area contributed by atoms with Gasteiger partial charge in [-0.2, -0.15) is 0 Å². The minimum absolute atomic E-state index is 0.663. The van der Waals surface area contributed by atoms with Crippen molar-refractivity contribution in [3.8, 4) is 0 Å². The molecule has 0 amide bonds. The lowest BCUT2D eigenvalue weighted by molar-refractivity contribution is 0.140. The van der Waals surface area contributed by atoms with Gasteiger partial charge in [0.2, 0.25) is 0 Å². The number of nitrogens with zero attached hydrogens (tertiary/aromatic N) is 3. The molecule has 1 aromatic carbocycles. The maximum absolute atomic E-state index is 4.58. The highest BCUT2D eigenvalue weighted by molar-refractivity contribution is 5.79. The maximum Gasteiger partial charge on any atom is 0.193 e. The van der Waals surface area contributed by atoms with Crippen molar-refractivity contribution in [3.63, 3.8) is 0 Å². The fourth-order valence-corrected chi connectivity index (χ4v) is 4.60. The quantitative estimate of drug-likeness (QED) is 0.634. The van der Waals surface area contributed by atoms with Gasteiger partial charge < -0.3 is 15.1 Å². The molecular formula is C23H38N4. The highest BCUT2D eigenvalue weighted by Crippen LogP contribution is 2.22. The first kappa shape index (κ1) is 20.2. The second kappa shape index (κ2) is 10.1. The summed E-state index contributed by atoms with van der Waals surface area (Å²) in [7, 11) is 1.93. The molecule has 4 nitrogen and oxygen atoms in total. The number of guanidine groups is 1. The molecule has 2 fully saturated rings. The van der Waals surface area contributed by atoms with Crippen molar-refractivity contribution in [2.24, 2.45) is 16.8 Å². The van der Waals surface area contributed by atoms with E-state index in [9.17, 15) is 0 Å². The zero-order valence-electron chi connectivity index (χ0n) is 17.5. The number of nitrogens with one attached hydrogen (secondary N) is 1. The summed E-state index contributed by atoms with van der Waals surface area (Å²) >= 11 is 0. The van der Waals surface area contributed by atoms with Crippen molar-refractivity contribution in [1.82, 2.24) is 15.1 Å². The van der Waals surface area contributed by atoms with E-state index in [1.165, 1.54) is 50.8 Å². The topological polar surface area (TPSA) is 30.9 Å². The molecule has 0 spiro atoms. The first-order chi connectivity index (χ1) is 13.2. The summed E-state index contributed by atoms with van der Waals surface area (Å²) in [5.74, 6) is 2.66. The second-order valence-corrected chi connectivity index (χ2v) is 8.65. The zero-order chi connectivity index (χ0) is 19.1. The third-order valence-corrected chi connectivity index (χ3v) is 6.32. The molecule has 0 bridgehead atoms. The number of hydrogen-bond donors (Lipinski definition) is 1. The van der Waals surface area contributed by atoms with Crippen LogP contribution < -0.4 is 5.32 Å². The molecule has 2 heterocycles. The van der Waals surface area contributed by atoms with Crippen LogP contribution in [0.2, 0.25) is 0 Å². The van der Waals surface area contributed by atoms with E-state index in [2.05, 4.69) is 64.3 Å². The molecule has 4 heteroatoms. The van der Waals surface area contributed by atoms with Crippen LogP contribution in [0.1, 0.15) is 45.1 Å². The summed E-state index contributed by atoms with van der Waals surface area (Å²) < 4.78 is 0. The standard InChI is InChI=1S/C23H38N4/c1-19(2)27-13-7-10-22(18-27)17-25-23(24-3)26-14-11-21(12-15-26)16-20-8-5-4-6-9-20/h4-6,8-9,19,21-22H,7,10-18H2,1-3H3,(H,24,25). The summed E-state index contributed by atoms with van der Waals surface area (Å²) in [4.78, 5) is 9.66. The molecular weight excluding hydrogens is 332 g/mol. The minimum Gasteiger partial charge on any atom is -0.356 e. The number of benzene rings is 1. The molecule has 0 aliphatic carbocycles. The third kappa shape index (κ3) is 5.97. The summed E-state index contributed by atoms with van der Waals surface area (Å²) in [5, 5.41) is 3.68. The number of likely N-dealkylation sites (tertiary alicyclic amines) is 2. The maximum atomic E-state index is 4.58. The van der Waals surface area contributed by atoms with Gasteiger partial charge in [0.05, 0.1) is 0 Å². The predicted molar refractivity (Wildman–Crippen MR) is 115 cm³/mol. The van der Waals surface area contributed by atoms with Crippen molar-refractivity contribution < 1.29 is 0 Å². The van der Waals surface area contributed by atoms with E-state index in [4.69, 9.17) is 0 Å². The molecule has 2 aliphatic heterocycles. The Bertz CT molecular complexity index is 575. The van der Waals surface area contributed by atoms with E-state index < -0.39 is 0 Å². The van der Waals surface area contributed by atoms with E-state index in [-0.39, 0.29) is 0 Å². The summed E-state index contributed by atoms with van der Waals surface area (Å²) in [5.41, 5.74) is 1.48. The molecule has 1 N–H and O–H groups in total. The SMILES string of the molecule is CN=C(NCC1CCCN(C(C)C)C1)N1CCC(Cc2ccccc2)CC1. The van der Waals surface area contributed by atoms with Gasteiger partial charge in [0.1, 0.15) is 0 Å². The highest BCUT2D eigenvalue weighted by atomic mass is 15.3. The molecule has 2 saturated heterocycles. The van der Waals surface area contributed by atoms with Gasteiger partial charge in [-0.3, -0.25) is 4.99 Å². The number of aliphatic imine (C=N–C) groups is 1. The lowest BCUT2D eigenvalue weighted by Crippen LogP contribution is -2.49. The van der Waals surface area contributed by atoms with Gasteiger partial charge in [0.15, 0.2) is 5.96 Å². The fraction of sp³-hybridized carbons (Fsp3) is 0.696. The Hall–Kier alpha value is -1.55. The number of rotatable bonds is 5.